The first-order valence-corrected chi connectivity index (χ1v) is 7.43. The Bertz CT molecular complexity index is 351. The second-order valence-electron chi connectivity index (χ2n) is 4.45. The van der Waals surface area contributed by atoms with Crippen LogP contribution in [0.3, 0.4) is 0 Å². The van der Waals surface area contributed by atoms with Gasteiger partial charge in [0.1, 0.15) is 5.01 Å². The minimum absolute atomic E-state index is 0.616. The van der Waals surface area contributed by atoms with Crippen molar-refractivity contribution in [3.8, 4) is 0 Å². The molecule has 1 aromatic rings. The smallest absolute Gasteiger partial charge is 0.119 e. The van der Waals surface area contributed by atoms with Crippen molar-refractivity contribution in [2.45, 2.75) is 45.6 Å². The average molecular weight is 254 g/mol. The molecular weight excluding hydrogens is 232 g/mol. The number of aromatic nitrogens is 1. The molecule has 1 N–H and O–H groups in total. The van der Waals surface area contributed by atoms with Gasteiger partial charge in [0.15, 0.2) is 0 Å². The maximum absolute atomic E-state index is 5.45. The molecule has 2 rings (SSSR count). The summed E-state index contributed by atoms with van der Waals surface area (Å²) in [4.78, 5) is 6.27. The molecule has 96 valence electrons. The molecule has 17 heavy (non-hydrogen) atoms. The van der Waals surface area contributed by atoms with Crippen LogP contribution in [0.2, 0.25) is 0 Å². The molecular formula is C13H22N2OS. The van der Waals surface area contributed by atoms with E-state index in [2.05, 4.69) is 12.2 Å². The summed E-state index contributed by atoms with van der Waals surface area (Å²) in [6.45, 7) is 7.75. The van der Waals surface area contributed by atoms with Gasteiger partial charge >= 0.3 is 0 Å². The van der Waals surface area contributed by atoms with E-state index in [1.807, 2.05) is 18.3 Å². The molecule has 1 aromatic heterocycles. The van der Waals surface area contributed by atoms with Crippen LogP contribution in [-0.4, -0.2) is 24.7 Å². The van der Waals surface area contributed by atoms with E-state index in [0.29, 0.717) is 12.5 Å². The van der Waals surface area contributed by atoms with E-state index in [-0.39, 0.29) is 0 Å². The number of likely N-dealkylation sites (N-methyl/N-ethyl adjacent to an activating group) is 1. The van der Waals surface area contributed by atoms with Gasteiger partial charge in [-0.3, -0.25) is 0 Å². The van der Waals surface area contributed by atoms with Crippen molar-refractivity contribution in [3.05, 3.63) is 15.6 Å². The predicted octanol–water partition coefficient (Wildman–Crippen LogP) is 2.71. The van der Waals surface area contributed by atoms with Crippen LogP contribution in [0.4, 0.5) is 0 Å². The molecule has 0 bridgehead atoms. The van der Waals surface area contributed by atoms with Gasteiger partial charge in [-0.25, -0.2) is 4.98 Å². The lowest BCUT2D eigenvalue weighted by molar-refractivity contribution is 0.133. The quantitative estimate of drug-likeness (QED) is 0.847. The van der Waals surface area contributed by atoms with Gasteiger partial charge in [-0.05, 0) is 32.7 Å². The van der Waals surface area contributed by atoms with Crippen LogP contribution in [0.1, 0.15) is 48.2 Å². The Morgan fingerprint density at radius 3 is 3.12 bits per heavy atom. The first-order valence-electron chi connectivity index (χ1n) is 6.62. The molecule has 0 saturated heterocycles. The minimum atomic E-state index is 0.616. The lowest BCUT2D eigenvalue weighted by atomic mass is 9.91. The predicted molar refractivity (Wildman–Crippen MR) is 71.7 cm³/mol. The van der Waals surface area contributed by atoms with Crippen molar-refractivity contribution in [1.82, 2.24) is 10.3 Å². The second-order valence-corrected chi connectivity index (χ2v) is 5.62. The van der Waals surface area contributed by atoms with Crippen molar-refractivity contribution >= 4 is 11.3 Å². The molecule has 4 heteroatoms. The fourth-order valence-corrected chi connectivity index (χ4v) is 3.46. The summed E-state index contributed by atoms with van der Waals surface area (Å²) in [6, 6.07) is 0. The van der Waals surface area contributed by atoms with Crippen molar-refractivity contribution in [1.29, 1.82) is 0 Å². The van der Waals surface area contributed by atoms with Crippen LogP contribution in [0, 0.1) is 0 Å². The van der Waals surface area contributed by atoms with Gasteiger partial charge in [0.2, 0.25) is 0 Å². The van der Waals surface area contributed by atoms with Gasteiger partial charge in [0.05, 0.1) is 12.3 Å². The third kappa shape index (κ3) is 3.27. The summed E-state index contributed by atoms with van der Waals surface area (Å²) in [5, 5.41) is 4.60. The van der Waals surface area contributed by atoms with Gasteiger partial charge in [0, 0.05) is 23.9 Å². The van der Waals surface area contributed by atoms with Crippen LogP contribution < -0.4 is 5.32 Å². The Morgan fingerprint density at radius 2 is 2.35 bits per heavy atom. The van der Waals surface area contributed by atoms with Gasteiger partial charge in [-0.1, -0.05) is 6.92 Å². The molecule has 1 atom stereocenters. The molecule has 1 aliphatic carbocycles. The van der Waals surface area contributed by atoms with Gasteiger partial charge in [0.25, 0.3) is 0 Å². The molecule has 1 unspecified atom stereocenters. The lowest BCUT2D eigenvalue weighted by Gasteiger charge is -2.21. The average Bonchev–Trinajstić information content (AvgIpc) is 2.77. The lowest BCUT2D eigenvalue weighted by Crippen LogP contribution is -2.24. The zero-order chi connectivity index (χ0) is 12.1. The molecule has 1 aliphatic rings. The summed E-state index contributed by atoms with van der Waals surface area (Å²) >= 11 is 1.85. The number of thiazole rings is 1. The number of hydrogen-bond donors (Lipinski definition) is 1. The first-order chi connectivity index (χ1) is 8.35. The van der Waals surface area contributed by atoms with Gasteiger partial charge in [-0.2, -0.15) is 0 Å². The molecule has 0 aliphatic heterocycles. The molecule has 0 radical (unpaired) electrons. The van der Waals surface area contributed by atoms with E-state index in [1.54, 1.807) is 0 Å². The van der Waals surface area contributed by atoms with E-state index in [1.165, 1.54) is 29.8 Å². The summed E-state index contributed by atoms with van der Waals surface area (Å²) in [7, 11) is 0. The number of hydrogen-bond acceptors (Lipinski definition) is 4. The largest absolute Gasteiger partial charge is 0.375 e. The normalized spacial score (nSPS) is 19.3. The van der Waals surface area contributed by atoms with Crippen molar-refractivity contribution in [2.75, 3.05) is 19.7 Å². The molecule has 0 spiro atoms. The maximum Gasteiger partial charge on any atom is 0.119 e. The Morgan fingerprint density at radius 1 is 1.47 bits per heavy atom. The van der Waals surface area contributed by atoms with Crippen LogP contribution in [0.15, 0.2) is 0 Å². The topological polar surface area (TPSA) is 34.1 Å². The van der Waals surface area contributed by atoms with Crippen molar-refractivity contribution in [3.63, 3.8) is 0 Å². The Labute approximate surface area is 108 Å². The van der Waals surface area contributed by atoms with Gasteiger partial charge < -0.3 is 10.1 Å². The highest BCUT2D eigenvalue weighted by Gasteiger charge is 2.24. The number of aryl methyl sites for hydroxylation is 1. The first kappa shape index (κ1) is 13.0. The van der Waals surface area contributed by atoms with E-state index < -0.39 is 0 Å². The van der Waals surface area contributed by atoms with E-state index in [9.17, 15) is 0 Å². The molecule has 0 saturated carbocycles. The number of fused-ring (bicyclic) bond motifs is 1. The summed E-state index contributed by atoms with van der Waals surface area (Å²) in [6.07, 6.45) is 3.79. The third-order valence-electron chi connectivity index (χ3n) is 3.19. The van der Waals surface area contributed by atoms with Crippen LogP contribution in [0.25, 0.3) is 0 Å². The monoisotopic (exact) mass is 254 g/mol. The van der Waals surface area contributed by atoms with Gasteiger partial charge in [-0.15, -0.1) is 11.3 Å². The highest BCUT2D eigenvalue weighted by atomic mass is 32.1. The molecule has 0 amide bonds. The Hall–Kier alpha value is -0.450. The van der Waals surface area contributed by atoms with E-state index in [0.717, 1.165) is 24.7 Å². The standard InChI is InChI=1S/C13H22N2OS/c1-3-14-8-10-6-5-7-11-13(10)15-12(17-11)9-16-4-2/h10,14H,3-9H2,1-2H3. The number of rotatable bonds is 6. The second kappa shape index (κ2) is 6.47. The zero-order valence-corrected chi connectivity index (χ0v) is 11.6. The van der Waals surface area contributed by atoms with Crippen LogP contribution in [-0.2, 0) is 17.8 Å². The summed E-state index contributed by atoms with van der Waals surface area (Å²) < 4.78 is 5.45. The third-order valence-corrected chi connectivity index (χ3v) is 4.29. The maximum atomic E-state index is 5.45. The molecule has 1 heterocycles. The number of nitrogens with zero attached hydrogens (tertiary/aromatic N) is 1. The highest BCUT2D eigenvalue weighted by molar-refractivity contribution is 7.11. The van der Waals surface area contributed by atoms with E-state index in [4.69, 9.17) is 9.72 Å². The van der Waals surface area contributed by atoms with Crippen LogP contribution in [0.5, 0.6) is 0 Å². The summed E-state index contributed by atoms with van der Waals surface area (Å²) in [5.41, 5.74) is 1.34. The van der Waals surface area contributed by atoms with E-state index >= 15 is 0 Å². The zero-order valence-electron chi connectivity index (χ0n) is 10.8. The molecule has 0 fully saturated rings. The summed E-state index contributed by atoms with van der Waals surface area (Å²) in [5.74, 6) is 0.616. The highest BCUT2D eigenvalue weighted by Crippen LogP contribution is 2.34. The SMILES string of the molecule is CCNCC1CCCc2sc(COCC)nc21. The molecule has 0 aromatic carbocycles. The van der Waals surface area contributed by atoms with Crippen LogP contribution >= 0.6 is 11.3 Å². The fourth-order valence-electron chi connectivity index (χ4n) is 2.33. The van der Waals surface area contributed by atoms with Crippen molar-refractivity contribution < 1.29 is 4.74 Å². The fraction of sp³-hybridized carbons (Fsp3) is 0.769. The number of ether oxygens (including phenoxy) is 1. The molecule has 3 nitrogen and oxygen atoms in total. The minimum Gasteiger partial charge on any atom is -0.375 e. The Kier molecular flexibility index (Phi) is 4.95. The van der Waals surface area contributed by atoms with Crippen molar-refractivity contribution in [2.24, 2.45) is 0 Å². The number of nitrogens with one attached hydrogen (secondary N) is 1. The Balaban J connectivity index is 2.05.